The molecule has 0 spiro atoms. The number of carbonyl (C=O) groups is 2. The standard InChI is InChI=1S/C18H21ClF3N3O2/c19-11-5-6-13(12(8-11)18(20,21)22)24-16(26)9-25-14-4-2-1-3-10(14)7-15(25)17(23)27/h5-6,8,10,14-15H,1-4,7,9H2,(H2,23,27)(H,24,26)/t10-,14-,15-/m0/s1. The highest BCUT2D eigenvalue weighted by Gasteiger charge is 2.45. The molecule has 1 aromatic carbocycles. The Balaban J connectivity index is 1.76. The van der Waals surface area contributed by atoms with E-state index in [2.05, 4.69) is 5.32 Å². The molecule has 1 aliphatic heterocycles. The lowest BCUT2D eigenvalue weighted by Gasteiger charge is -2.32. The van der Waals surface area contributed by atoms with Crippen molar-refractivity contribution >= 4 is 29.1 Å². The first-order valence-electron chi connectivity index (χ1n) is 8.88. The average Bonchev–Trinajstić information content (AvgIpc) is 2.94. The molecular formula is C18H21ClF3N3O2. The maximum absolute atomic E-state index is 13.2. The van der Waals surface area contributed by atoms with Gasteiger partial charge in [-0.15, -0.1) is 0 Å². The molecule has 0 bridgehead atoms. The minimum atomic E-state index is -4.65. The summed E-state index contributed by atoms with van der Waals surface area (Å²) in [6.45, 7) is -0.172. The van der Waals surface area contributed by atoms with Gasteiger partial charge in [0.15, 0.2) is 0 Å². The van der Waals surface area contributed by atoms with Crippen molar-refractivity contribution in [2.75, 3.05) is 11.9 Å². The Kier molecular flexibility index (Phi) is 5.67. The molecule has 1 saturated heterocycles. The molecule has 2 aliphatic rings. The molecule has 9 heteroatoms. The average molecular weight is 404 g/mol. The molecular weight excluding hydrogens is 383 g/mol. The van der Waals surface area contributed by atoms with Crippen LogP contribution in [0.15, 0.2) is 18.2 Å². The van der Waals surface area contributed by atoms with E-state index in [1.165, 1.54) is 6.07 Å². The van der Waals surface area contributed by atoms with E-state index in [1.54, 1.807) is 4.90 Å². The van der Waals surface area contributed by atoms with E-state index in [-0.39, 0.29) is 23.3 Å². The molecule has 1 saturated carbocycles. The molecule has 2 fully saturated rings. The zero-order valence-electron chi connectivity index (χ0n) is 14.6. The minimum Gasteiger partial charge on any atom is -0.368 e. The Labute approximate surface area is 160 Å². The van der Waals surface area contributed by atoms with Crippen molar-refractivity contribution in [1.29, 1.82) is 0 Å². The van der Waals surface area contributed by atoms with Gasteiger partial charge in [0.25, 0.3) is 0 Å². The summed E-state index contributed by atoms with van der Waals surface area (Å²) in [5.41, 5.74) is 4.13. The highest BCUT2D eigenvalue weighted by molar-refractivity contribution is 6.30. The SMILES string of the molecule is NC(=O)[C@@H]1C[C@@H]2CCCC[C@@H]2N1CC(=O)Nc1ccc(Cl)cc1C(F)(F)F. The predicted octanol–water partition coefficient (Wildman–Crippen LogP) is 3.42. The van der Waals surface area contributed by atoms with Gasteiger partial charge in [0.2, 0.25) is 11.8 Å². The lowest BCUT2D eigenvalue weighted by atomic mass is 9.84. The Morgan fingerprint density at radius 2 is 1.96 bits per heavy atom. The normalized spacial score (nSPS) is 25.9. The number of primary amides is 1. The van der Waals surface area contributed by atoms with Crippen molar-refractivity contribution in [2.45, 2.75) is 50.4 Å². The molecule has 5 nitrogen and oxygen atoms in total. The highest BCUT2D eigenvalue weighted by atomic mass is 35.5. The van der Waals surface area contributed by atoms with Crippen LogP contribution in [0, 0.1) is 5.92 Å². The van der Waals surface area contributed by atoms with Crippen LogP contribution in [0.2, 0.25) is 5.02 Å². The van der Waals surface area contributed by atoms with Gasteiger partial charge in [0.1, 0.15) is 0 Å². The molecule has 3 atom stereocenters. The maximum Gasteiger partial charge on any atom is 0.418 e. The summed E-state index contributed by atoms with van der Waals surface area (Å²) in [5.74, 6) is -0.815. The van der Waals surface area contributed by atoms with Crippen molar-refractivity contribution in [3.63, 3.8) is 0 Å². The van der Waals surface area contributed by atoms with Gasteiger partial charge in [-0.05, 0) is 43.4 Å². The third-order valence-electron chi connectivity index (χ3n) is 5.44. The third-order valence-corrected chi connectivity index (χ3v) is 5.67. The van der Waals surface area contributed by atoms with Crippen LogP contribution in [0.1, 0.15) is 37.7 Å². The summed E-state index contributed by atoms with van der Waals surface area (Å²) in [4.78, 5) is 26.0. The number of halogens is 4. The van der Waals surface area contributed by atoms with Crippen LogP contribution in [0.4, 0.5) is 18.9 Å². The molecule has 0 aromatic heterocycles. The molecule has 3 rings (SSSR count). The number of fused-ring (bicyclic) bond motifs is 1. The van der Waals surface area contributed by atoms with E-state index in [4.69, 9.17) is 17.3 Å². The van der Waals surface area contributed by atoms with Crippen LogP contribution in [-0.2, 0) is 15.8 Å². The summed E-state index contributed by atoms with van der Waals surface area (Å²) in [7, 11) is 0. The smallest absolute Gasteiger partial charge is 0.368 e. The molecule has 3 N–H and O–H groups in total. The Hall–Kier alpha value is -1.80. The topological polar surface area (TPSA) is 75.4 Å². The van der Waals surface area contributed by atoms with Crippen molar-refractivity contribution in [2.24, 2.45) is 11.7 Å². The van der Waals surface area contributed by atoms with E-state index in [1.807, 2.05) is 0 Å². The summed E-state index contributed by atoms with van der Waals surface area (Å²) < 4.78 is 39.6. The van der Waals surface area contributed by atoms with Crippen LogP contribution in [0.5, 0.6) is 0 Å². The molecule has 148 valence electrons. The van der Waals surface area contributed by atoms with Gasteiger partial charge in [-0.3, -0.25) is 14.5 Å². The van der Waals surface area contributed by atoms with Crippen LogP contribution in [0.25, 0.3) is 0 Å². The second kappa shape index (κ2) is 7.67. The van der Waals surface area contributed by atoms with Crippen LogP contribution in [-0.4, -0.2) is 35.3 Å². The summed E-state index contributed by atoms with van der Waals surface area (Å²) >= 11 is 5.65. The van der Waals surface area contributed by atoms with E-state index in [9.17, 15) is 22.8 Å². The lowest BCUT2D eigenvalue weighted by molar-refractivity contribution is -0.137. The number of rotatable bonds is 4. The predicted molar refractivity (Wildman–Crippen MR) is 95.1 cm³/mol. The number of hydrogen-bond acceptors (Lipinski definition) is 3. The number of likely N-dealkylation sites (tertiary alicyclic amines) is 1. The van der Waals surface area contributed by atoms with Gasteiger partial charge < -0.3 is 11.1 Å². The number of carbonyl (C=O) groups excluding carboxylic acids is 2. The first-order valence-corrected chi connectivity index (χ1v) is 9.26. The highest BCUT2D eigenvalue weighted by Crippen LogP contribution is 2.40. The van der Waals surface area contributed by atoms with Crippen LogP contribution >= 0.6 is 11.6 Å². The largest absolute Gasteiger partial charge is 0.418 e. The monoisotopic (exact) mass is 403 g/mol. The van der Waals surface area contributed by atoms with Crippen molar-refractivity contribution in [3.8, 4) is 0 Å². The Bertz CT molecular complexity index is 741. The number of anilines is 1. The first kappa shape index (κ1) is 19.9. The minimum absolute atomic E-state index is 0.0642. The van der Waals surface area contributed by atoms with E-state index in [0.29, 0.717) is 12.3 Å². The fourth-order valence-electron chi connectivity index (χ4n) is 4.28. The van der Waals surface area contributed by atoms with Crippen LogP contribution < -0.4 is 11.1 Å². The molecule has 2 amide bonds. The van der Waals surface area contributed by atoms with Gasteiger partial charge >= 0.3 is 6.18 Å². The first-order chi connectivity index (χ1) is 12.7. The Morgan fingerprint density at radius 1 is 1.26 bits per heavy atom. The third kappa shape index (κ3) is 4.38. The van der Waals surface area contributed by atoms with E-state index in [0.717, 1.165) is 37.8 Å². The number of nitrogens with one attached hydrogen (secondary N) is 1. The summed E-state index contributed by atoms with van der Waals surface area (Å²) in [6.07, 6.45) is -0.140. The van der Waals surface area contributed by atoms with Gasteiger partial charge in [-0.1, -0.05) is 24.4 Å². The number of nitrogens with zero attached hydrogens (tertiary/aromatic N) is 1. The molecule has 27 heavy (non-hydrogen) atoms. The summed E-state index contributed by atoms with van der Waals surface area (Å²) in [6, 6.07) is 2.69. The lowest BCUT2D eigenvalue weighted by Crippen LogP contribution is -2.48. The fraction of sp³-hybridized carbons (Fsp3) is 0.556. The van der Waals surface area contributed by atoms with E-state index >= 15 is 0 Å². The molecule has 0 unspecified atom stereocenters. The van der Waals surface area contributed by atoms with Gasteiger partial charge in [-0.2, -0.15) is 13.2 Å². The van der Waals surface area contributed by atoms with Crippen molar-refractivity contribution in [1.82, 2.24) is 4.90 Å². The maximum atomic E-state index is 13.2. The van der Waals surface area contributed by atoms with Crippen LogP contribution in [0.3, 0.4) is 0 Å². The van der Waals surface area contributed by atoms with E-state index < -0.39 is 29.6 Å². The quantitative estimate of drug-likeness (QED) is 0.808. The zero-order chi connectivity index (χ0) is 19.8. The van der Waals surface area contributed by atoms with Crippen molar-refractivity contribution < 1.29 is 22.8 Å². The number of amides is 2. The van der Waals surface area contributed by atoms with Gasteiger partial charge in [0, 0.05) is 11.1 Å². The number of benzene rings is 1. The number of nitrogens with two attached hydrogens (primary N) is 1. The molecule has 0 radical (unpaired) electrons. The second-order valence-electron chi connectivity index (χ2n) is 7.17. The number of hydrogen-bond donors (Lipinski definition) is 2. The Morgan fingerprint density at radius 3 is 2.63 bits per heavy atom. The summed E-state index contributed by atoms with van der Waals surface area (Å²) in [5, 5.41) is 2.24. The fourth-order valence-corrected chi connectivity index (χ4v) is 4.45. The molecule has 1 aromatic rings. The van der Waals surface area contributed by atoms with Gasteiger partial charge in [-0.25, -0.2) is 0 Å². The second-order valence-corrected chi connectivity index (χ2v) is 7.61. The number of alkyl halides is 3. The molecule has 1 aliphatic carbocycles. The molecule has 1 heterocycles. The zero-order valence-corrected chi connectivity index (χ0v) is 15.3. The van der Waals surface area contributed by atoms with Crippen molar-refractivity contribution in [3.05, 3.63) is 28.8 Å². The van der Waals surface area contributed by atoms with Gasteiger partial charge in [0.05, 0.1) is 23.8 Å².